The fourth-order valence-corrected chi connectivity index (χ4v) is 2.27. The standard InChI is InChI=1S/C14H14N2O3S/c17-12(10-6-7-20-9-10)8-15-13(18)14(19)16-11-4-2-1-3-5-11/h1-7,9,12,17H,8H2,(H,15,18)(H,16,19)/t12-/m1/s1. The number of para-hydroxylation sites is 1. The van der Waals surface area contributed by atoms with Gasteiger partial charge in [-0.3, -0.25) is 9.59 Å². The minimum atomic E-state index is -0.810. The molecule has 3 N–H and O–H groups in total. The van der Waals surface area contributed by atoms with Crippen LogP contribution in [0.25, 0.3) is 0 Å². The Balaban J connectivity index is 1.81. The van der Waals surface area contributed by atoms with Gasteiger partial charge in [0.1, 0.15) is 0 Å². The summed E-state index contributed by atoms with van der Waals surface area (Å²) in [5, 5.41) is 18.3. The van der Waals surface area contributed by atoms with Crippen molar-refractivity contribution in [1.29, 1.82) is 0 Å². The number of hydrogen-bond donors (Lipinski definition) is 3. The molecule has 2 amide bonds. The van der Waals surface area contributed by atoms with E-state index in [1.165, 1.54) is 11.3 Å². The Morgan fingerprint density at radius 2 is 1.90 bits per heavy atom. The van der Waals surface area contributed by atoms with E-state index in [0.717, 1.165) is 5.56 Å². The summed E-state index contributed by atoms with van der Waals surface area (Å²) in [6, 6.07) is 10.5. The fraction of sp³-hybridized carbons (Fsp3) is 0.143. The second kappa shape index (κ2) is 6.83. The van der Waals surface area contributed by atoms with Crippen LogP contribution in [0.2, 0.25) is 0 Å². The average Bonchev–Trinajstić information content (AvgIpc) is 2.99. The van der Waals surface area contributed by atoms with Crippen LogP contribution in [-0.2, 0) is 9.59 Å². The normalized spacial score (nSPS) is 11.7. The molecule has 0 radical (unpaired) electrons. The van der Waals surface area contributed by atoms with Crippen LogP contribution in [0.4, 0.5) is 5.69 Å². The third-order valence-electron chi connectivity index (χ3n) is 2.62. The van der Waals surface area contributed by atoms with Gasteiger partial charge in [0.25, 0.3) is 0 Å². The lowest BCUT2D eigenvalue weighted by Crippen LogP contribution is -2.37. The molecule has 0 saturated heterocycles. The molecule has 0 saturated carbocycles. The number of carbonyl (C=O) groups is 2. The van der Waals surface area contributed by atoms with E-state index in [0.29, 0.717) is 5.69 Å². The predicted molar refractivity (Wildman–Crippen MR) is 77.4 cm³/mol. The number of aliphatic hydroxyl groups is 1. The maximum absolute atomic E-state index is 11.6. The Morgan fingerprint density at radius 3 is 2.55 bits per heavy atom. The molecule has 1 aromatic heterocycles. The van der Waals surface area contributed by atoms with E-state index < -0.39 is 17.9 Å². The first-order valence-electron chi connectivity index (χ1n) is 6.01. The summed E-state index contributed by atoms with van der Waals surface area (Å²) in [6.07, 6.45) is -0.810. The summed E-state index contributed by atoms with van der Waals surface area (Å²) in [5.41, 5.74) is 1.27. The minimum absolute atomic E-state index is 0.00221. The molecule has 0 spiro atoms. The molecule has 0 unspecified atom stereocenters. The summed E-state index contributed by atoms with van der Waals surface area (Å²) in [7, 11) is 0. The van der Waals surface area contributed by atoms with Crippen LogP contribution in [0.5, 0.6) is 0 Å². The summed E-state index contributed by atoms with van der Waals surface area (Å²) in [5.74, 6) is -1.53. The number of amides is 2. The maximum atomic E-state index is 11.6. The molecular weight excluding hydrogens is 276 g/mol. The monoisotopic (exact) mass is 290 g/mol. The van der Waals surface area contributed by atoms with Crippen molar-refractivity contribution in [2.45, 2.75) is 6.10 Å². The SMILES string of the molecule is O=C(NC[C@@H](O)c1ccsc1)C(=O)Nc1ccccc1. The van der Waals surface area contributed by atoms with E-state index in [2.05, 4.69) is 10.6 Å². The molecule has 1 atom stereocenters. The summed E-state index contributed by atoms with van der Waals surface area (Å²) >= 11 is 1.46. The van der Waals surface area contributed by atoms with Gasteiger partial charge in [0.15, 0.2) is 0 Å². The van der Waals surface area contributed by atoms with Gasteiger partial charge in [0, 0.05) is 12.2 Å². The molecule has 20 heavy (non-hydrogen) atoms. The van der Waals surface area contributed by atoms with Crippen LogP contribution >= 0.6 is 11.3 Å². The second-order valence-corrected chi connectivity index (χ2v) is 4.88. The Bertz CT molecular complexity index is 569. The molecule has 0 aliphatic rings. The molecule has 2 rings (SSSR count). The van der Waals surface area contributed by atoms with E-state index >= 15 is 0 Å². The zero-order valence-corrected chi connectivity index (χ0v) is 11.4. The predicted octanol–water partition coefficient (Wildman–Crippen LogP) is 1.54. The summed E-state index contributed by atoms with van der Waals surface area (Å²) < 4.78 is 0. The van der Waals surface area contributed by atoms with Gasteiger partial charge in [-0.1, -0.05) is 18.2 Å². The Labute approximate surface area is 120 Å². The lowest BCUT2D eigenvalue weighted by atomic mass is 10.2. The number of benzene rings is 1. The molecule has 2 aromatic rings. The van der Waals surface area contributed by atoms with Crippen molar-refractivity contribution in [3.05, 3.63) is 52.7 Å². The lowest BCUT2D eigenvalue weighted by Gasteiger charge is -2.10. The first-order valence-corrected chi connectivity index (χ1v) is 6.95. The van der Waals surface area contributed by atoms with Crippen LogP contribution in [-0.4, -0.2) is 23.5 Å². The van der Waals surface area contributed by atoms with Crippen molar-refractivity contribution in [1.82, 2.24) is 5.32 Å². The molecule has 104 valence electrons. The van der Waals surface area contributed by atoms with Crippen molar-refractivity contribution >= 4 is 28.8 Å². The zero-order chi connectivity index (χ0) is 14.4. The maximum Gasteiger partial charge on any atom is 0.313 e. The number of rotatable bonds is 4. The first kappa shape index (κ1) is 14.2. The number of aliphatic hydroxyl groups excluding tert-OH is 1. The Morgan fingerprint density at radius 1 is 1.15 bits per heavy atom. The quantitative estimate of drug-likeness (QED) is 0.747. The van der Waals surface area contributed by atoms with Gasteiger partial charge < -0.3 is 15.7 Å². The average molecular weight is 290 g/mol. The van der Waals surface area contributed by atoms with Crippen molar-refractivity contribution in [2.24, 2.45) is 0 Å². The van der Waals surface area contributed by atoms with Gasteiger partial charge in [-0.25, -0.2) is 0 Å². The summed E-state index contributed by atoms with van der Waals surface area (Å²) in [4.78, 5) is 23.2. The van der Waals surface area contributed by atoms with E-state index in [-0.39, 0.29) is 6.54 Å². The van der Waals surface area contributed by atoms with Gasteiger partial charge in [-0.2, -0.15) is 11.3 Å². The topological polar surface area (TPSA) is 78.4 Å². The highest BCUT2D eigenvalue weighted by atomic mass is 32.1. The van der Waals surface area contributed by atoms with Gasteiger partial charge in [-0.05, 0) is 34.5 Å². The van der Waals surface area contributed by atoms with E-state index in [1.54, 1.807) is 35.7 Å². The number of nitrogens with one attached hydrogen (secondary N) is 2. The van der Waals surface area contributed by atoms with Crippen molar-refractivity contribution < 1.29 is 14.7 Å². The van der Waals surface area contributed by atoms with E-state index in [1.807, 2.05) is 11.4 Å². The number of thiophene rings is 1. The lowest BCUT2D eigenvalue weighted by molar-refractivity contribution is -0.136. The van der Waals surface area contributed by atoms with Gasteiger partial charge >= 0.3 is 11.8 Å². The van der Waals surface area contributed by atoms with Crippen LogP contribution in [0.3, 0.4) is 0 Å². The molecule has 0 fully saturated rings. The zero-order valence-electron chi connectivity index (χ0n) is 10.6. The highest BCUT2D eigenvalue weighted by Gasteiger charge is 2.15. The highest BCUT2D eigenvalue weighted by molar-refractivity contribution is 7.07. The van der Waals surface area contributed by atoms with Crippen molar-refractivity contribution in [2.75, 3.05) is 11.9 Å². The third-order valence-corrected chi connectivity index (χ3v) is 3.32. The molecule has 0 aliphatic carbocycles. The fourth-order valence-electron chi connectivity index (χ4n) is 1.56. The Kier molecular flexibility index (Phi) is 4.86. The van der Waals surface area contributed by atoms with Crippen LogP contribution in [0, 0.1) is 0 Å². The van der Waals surface area contributed by atoms with Gasteiger partial charge in [0.05, 0.1) is 6.10 Å². The first-order chi connectivity index (χ1) is 9.66. The highest BCUT2D eigenvalue weighted by Crippen LogP contribution is 2.15. The van der Waals surface area contributed by atoms with Crippen molar-refractivity contribution in [3.63, 3.8) is 0 Å². The molecule has 1 heterocycles. The Hall–Kier alpha value is -2.18. The summed E-state index contributed by atoms with van der Waals surface area (Å²) in [6.45, 7) is -0.00221. The number of anilines is 1. The van der Waals surface area contributed by atoms with E-state index in [4.69, 9.17) is 0 Å². The van der Waals surface area contributed by atoms with Gasteiger partial charge in [0.2, 0.25) is 0 Å². The number of hydrogen-bond acceptors (Lipinski definition) is 4. The largest absolute Gasteiger partial charge is 0.387 e. The van der Waals surface area contributed by atoms with Gasteiger partial charge in [-0.15, -0.1) is 0 Å². The van der Waals surface area contributed by atoms with Crippen LogP contribution < -0.4 is 10.6 Å². The number of carbonyl (C=O) groups excluding carboxylic acids is 2. The van der Waals surface area contributed by atoms with Crippen molar-refractivity contribution in [3.8, 4) is 0 Å². The minimum Gasteiger partial charge on any atom is -0.387 e. The van der Waals surface area contributed by atoms with E-state index in [9.17, 15) is 14.7 Å². The smallest absolute Gasteiger partial charge is 0.313 e. The molecule has 1 aromatic carbocycles. The molecule has 0 aliphatic heterocycles. The molecule has 6 heteroatoms. The second-order valence-electron chi connectivity index (χ2n) is 4.10. The molecule has 5 nitrogen and oxygen atoms in total. The van der Waals surface area contributed by atoms with Crippen LogP contribution in [0.1, 0.15) is 11.7 Å². The molecular formula is C14H14N2O3S. The third kappa shape index (κ3) is 3.91. The van der Waals surface area contributed by atoms with Crippen LogP contribution in [0.15, 0.2) is 47.2 Å². The molecule has 0 bridgehead atoms.